The van der Waals surface area contributed by atoms with Crippen molar-refractivity contribution in [3.8, 4) is 0 Å². The molecule has 0 unspecified atom stereocenters. The number of aliphatic hydroxyl groups excluding tert-OH is 2. The van der Waals surface area contributed by atoms with Gasteiger partial charge in [0.05, 0.1) is 6.10 Å². The molecule has 0 aromatic heterocycles. The quantitative estimate of drug-likeness (QED) is 0.646. The summed E-state index contributed by atoms with van der Waals surface area (Å²) in [5.74, 6) is 0. The molecule has 27 heavy (non-hydrogen) atoms. The second-order valence-corrected chi connectivity index (χ2v) is 13.2. The van der Waals surface area contributed by atoms with Gasteiger partial charge in [-0.2, -0.15) is 0 Å². The zero-order valence-electron chi connectivity index (χ0n) is 17.0. The van der Waals surface area contributed by atoms with Crippen LogP contribution in [0.3, 0.4) is 0 Å². The third-order valence-electron chi connectivity index (χ3n) is 5.32. The predicted octanol–water partition coefficient (Wildman–Crippen LogP) is 5.18. The van der Waals surface area contributed by atoms with Gasteiger partial charge in [-0.05, 0) is 29.3 Å². The molecule has 0 amide bonds. The minimum Gasteiger partial charge on any atom is -0.408 e. The van der Waals surface area contributed by atoms with E-state index in [4.69, 9.17) is 4.43 Å². The normalized spacial score (nSPS) is 16.3. The molecule has 0 radical (unpaired) electrons. The van der Waals surface area contributed by atoms with Crippen LogP contribution < -0.4 is 0 Å². The number of aliphatic hydroxyl groups is 2. The molecule has 2 aromatic rings. The Balaban J connectivity index is 2.29. The van der Waals surface area contributed by atoms with Crippen molar-refractivity contribution in [3.05, 3.63) is 77.9 Å². The first-order chi connectivity index (χ1) is 12.6. The molecule has 2 aromatic carbocycles. The van der Waals surface area contributed by atoms with Crippen LogP contribution in [0.1, 0.15) is 38.0 Å². The molecule has 0 heterocycles. The average Bonchev–Trinajstić information content (AvgIpc) is 2.64. The van der Waals surface area contributed by atoms with Gasteiger partial charge in [0.25, 0.3) is 0 Å². The lowest BCUT2D eigenvalue weighted by Gasteiger charge is -2.40. The lowest BCUT2D eigenvalue weighted by molar-refractivity contribution is -0.0378. The first-order valence-electron chi connectivity index (χ1n) is 9.44. The van der Waals surface area contributed by atoms with Crippen LogP contribution in [0, 0.1) is 0 Å². The van der Waals surface area contributed by atoms with E-state index in [9.17, 15) is 10.2 Å². The van der Waals surface area contributed by atoms with E-state index < -0.39 is 26.6 Å². The second-order valence-electron chi connectivity index (χ2n) is 8.46. The smallest absolute Gasteiger partial charge is 0.193 e. The maximum atomic E-state index is 10.9. The Morgan fingerprint density at radius 2 is 1.41 bits per heavy atom. The monoisotopic (exact) mass is 384 g/mol. The van der Waals surface area contributed by atoms with Crippen LogP contribution in [-0.4, -0.2) is 30.7 Å². The SMILES string of the molecule is CC(C)(C)[Si](C)(C)O[C@H](/C=C/c1ccccc1)[C@H](O)[C@H](O)c1ccccc1. The Hall–Kier alpha value is -1.72. The number of rotatable bonds is 7. The predicted molar refractivity (Wildman–Crippen MR) is 115 cm³/mol. The molecule has 0 bridgehead atoms. The summed E-state index contributed by atoms with van der Waals surface area (Å²) >= 11 is 0. The van der Waals surface area contributed by atoms with Gasteiger partial charge in [0.1, 0.15) is 12.2 Å². The van der Waals surface area contributed by atoms with Crippen LogP contribution in [-0.2, 0) is 4.43 Å². The van der Waals surface area contributed by atoms with Crippen molar-refractivity contribution in [2.75, 3.05) is 0 Å². The topological polar surface area (TPSA) is 49.7 Å². The highest BCUT2D eigenvalue weighted by atomic mass is 28.4. The first-order valence-corrected chi connectivity index (χ1v) is 12.3. The Labute approximate surface area is 164 Å². The van der Waals surface area contributed by atoms with Crippen LogP contribution in [0.15, 0.2) is 66.7 Å². The highest BCUT2D eigenvalue weighted by molar-refractivity contribution is 6.74. The zero-order chi connectivity index (χ0) is 20.1. The summed E-state index contributed by atoms with van der Waals surface area (Å²) in [6.45, 7) is 10.8. The highest BCUT2D eigenvalue weighted by Gasteiger charge is 2.41. The Kier molecular flexibility index (Phi) is 7.17. The van der Waals surface area contributed by atoms with E-state index in [1.165, 1.54) is 0 Å². The van der Waals surface area contributed by atoms with E-state index in [1.807, 2.05) is 72.8 Å². The third kappa shape index (κ3) is 5.88. The summed E-state index contributed by atoms with van der Waals surface area (Å²) in [7, 11) is -2.14. The first kappa shape index (κ1) is 21.6. The van der Waals surface area contributed by atoms with Gasteiger partial charge >= 0.3 is 0 Å². The van der Waals surface area contributed by atoms with Crippen molar-refractivity contribution >= 4 is 14.4 Å². The highest BCUT2D eigenvalue weighted by Crippen LogP contribution is 2.38. The van der Waals surface area contributed by atoms with Crippen LogP contribution in [0.25, 0.3) is 6.08 Å². The van der Waals surface area contributed by atoms with Gasteiger partial charge in [0.2, 0.25) is 0 Å². The molecule has 0 aliphatic carbocycles. The standard InChI is InChI=1S/C23H32O3Si/c1-23(2,3)27(4,5)26-20(17-16-18-12-8-6-9-13-18)22(25)21(24)19-14-10-7-11-15-19/h6-17,20-22,24-25H,1-5H3/b17-16+/t20-,21-,22+/m1/s1. The fraction of sp³-hybridized carbons (Fsp3) is 0.391. The van der Waals surface area contributed by atoms with Gasteiger partial charge in [-0.25, -0.2) is 0 Å². The second kappa shape index (κ2) is 8.98. The lowest BCUT2D eigenvalue weighted by atomic mass is 10.00. The third-order valence-corrected chi connectivity index (χ3v) is 9.79. The van der Waals surface area contributed by atoms with Crippen molar-refractivity contribution in [1.29, 1.82) is 0 Å². The fourth-order valence-electron chi connectivity index (χ4n) is 2.54. The van der Waals surface area contributed by atoms with E-state index >= 15 is 0 Å². The number of hydrogen-bond acceptors (Lipinski definition) is 3. The van der Waals surface area contributed by atoms with Crippen LogP contribution in [0.5, 0.6) is 0 Å². The summed E-state index contributed by atoms with van der Waals surface area (Å²) in [5.41, 5.74) is 1.71. The number of benzene rings is 2. The average molecular weight is 385 g/mol. The molecule has 0 saturated carbocycles. The van der Waals surface area contributed by atoms with Crippen molar-refractivity contribution < 1.29 is 14.6 Å². The molecule has 3 atom stereocenters. The summed E-state index contributed by atoms with van der Waals surface area (Å²) < 4.78 is 6.47. The van der Waals surface area contributed by atoms with Gasteiger partial charge in [-0.3, -0.25) is 0 Å². The van der Waals surface area contributed by atoms with E-state index in [0.717, 1.165) is 5.56 Å². The van der Waals surface area contributed by atoms with Gasteiger partial charge in [-0.1, -0.05) is 93.6 Å². The van der Waals surface area contributed by atoms with Gasteiger partial charge in [0, 0.05) is 0 Å². The molecule has 4 heteroatoms. The molecule has 0 fully saturated rings. The molecule has 0 aliphatic rings. The van der Waals surface area contributed by atoms with E-state index in [2.05, 4.69) is 33.9 Å². The van der Waals surface area contributed by atoms with Gasteiger partial charge in [-0.15, -0.1) is 0 Å². The molecule has 0 spiro atoms. The van der Waals surface area contributed by atoms with Crippen molar-refractivity contribution in [3.63, 3.8) is 0 Å². The number of hydrogen-bond donors (Lipinski definition) is 2. The van der Waals surface area contributed by atoms with Crippen molar-refractivity contribution in [2.24, 2.45) is 0 Å². The molecular formula is C23H32O3Si. The summed E-state index contributed by atoms with van der Waals surface area (Å²) in [5, 5.41) is 21.6. The largest absolute Gasteiger partial charge is 0.408 e. The Bertz CT molecular complexity index is 720. The van der Waals surface area contributed by atoms with Crippen molar-refractivity contribution in [2.45, 2.75) is 57.2 Å². The maximum Gasteiger partial charge on any atom is 0.193 e. The lowest BCUT2D eigenvalue weighted by Crippen LogP contribution is -2.47. The fourth-order valence-corrected chi connectivity index (χ4v) is 3.79. The van der Waals surface area contributed by atoms with E-state index in [-0.39, 0.29) is 5.04 Å². The summed E-state index contributed by atoms with van der Waals surface area (Å²) in [6.07, 6.45) is 1.15. The van der Waals surface area contributed by atoms with Gasteiger partial charge in [0.15, 0.2) is 8.32 Å². The van der Waals surface area contributed by atoms with Gasteiger partial charge < -0.3 is 14.6 Å². The molecule has 2 N–H and O–H groups in total. The van der Waals surface area contributed by atoms with Crippen LogP contribution in [0.4, 0.5) is 0 Å². The molecule has 0 aliphatic heterocycles. The van der Waals surface area contributed by atoms with Crippen molar-refractivity contribution in [1.82, 2.24) is 0 Å². The Morgan fingerprint density at radius 1 is 0.889 bits per heavy atom. The molecule has 3 nitrogen and oxygen atoms in total. The van der Waals surface area contributed by atoms with E-state index in [0.29, 0.717) is 5.56 Å². The van der Waals surface area contributed by atoms with Crippen LogP contribution >= 0.6 is 0 Å². The minimum atomic E-state index is -2.14. The van der Waals surface area contributed by atoms with Crippen LogP contribution in [0.2, 0.25) is 18.1 Å². The molecule has 146 valence electrons. The summed E-state index contributed by atoms with van der Waals surface area (Å²) in [4.78, 5) is 0. The Morgan fingerprint density at radius 3 is 1.93 bits per heavy atom. The van der Waals surface area contributed by atoms with E-state index in [1.54, 1.807) is 0 Å². The molecule has 0 saturated heterocycles. The maximum absolute atomic E-state index is 10.9. The zero-order valence-corrected chi connectivity index (χ0v) is 18.0. The molecule has 2 rings (SSSR count). The molecular weight excluding hydrogens is 352 g/mol. The summed E-state index contributed by atoms with van der Waals surface area (Å²) in [6, 6.07) is 19.1. The minimum absolute atomic E-state index is 0.00323.